The van der Waals surface area contributed by atoms with Crippen molar-refractivity contribution in [3.05, 3.63) is 47.3 Å². The highest BCUT2D eigenvalue weighted by molar-refractivity contribution is 5.92. The van der Waals surface area contributed by atoms with Crippen LogP contribution in [0.2, 0.25) is 0 Å². The van der Waals surface area contributed by atoms with E-state index >= 15 is 0 Å². The van der Waals surface area contributed by atoms with Crippen molar-refractivity contribution < 1.29 is 18.4 Å². The molecule has 4 heteroatoms. The summed E-state index contributed by atoms with van der Waals surface area (Å²) in [4.78, 5) is 20.6. The zero-order valence-electron chi connectivity index (χ0n) is 10.7. The number of Topliss-reactive ketones (excluding diaryl/α,β-unsaturated/α-hetero) is 1. The minimum Gasteiger partial charge on any atom is -0.466 e. The lowest BCUT2D eigenvalue weighted by Gasteiger charge is -1.83. The van der Waals surface area contributed by atoms with Crippen molar-refractivity contribution >= 4 is 12.1 Å². The van der Waals surface area contributed by atoms with Gasteiger partial charge in [-0.15, -0.1) is 0 Å². The maximum atomic E-state index is 10.6. The van der Waals surface area contributed by atoms with Crippen molar-refractivity contribution in [2.75, 3.05) is 0 Å². The van der Waals surface area contributed by atoms with E-state index in [9.17, 15) is 9.59 Å². The summed E-state index contributed by atoms with van der Waals surface area (Å²) in [7, 11) is 0. The molecule has 0 unspecified atom stereocenters. The van der Waals surface area contributed by atoms with Gasteiger partial charge in [-0.25, -0.2) is 0 Å². The number of hydrogen-bond acceptors (Lipinski definition) is 4. The number of furan rings is 2. The number of ketones is 1. The quantitative estimate of drug-likeness (QED) is 0.619. The van der Waals surface area contributed by atoms with Gasteiger partial charge in [-0.1, -0.05) is 14.4 Å². The Morgan fingerprint density at radius 2 is 1.89 bits per heavy atom. The van der Waals surface area contributed by atoms with Crippen LogP contribution in [0, 0.1) is 6.92 Å². The summed E-state index contributed by atoms with van der Waals surface area (Å²) in [5.74, 6) is 2.31. The van der Waals surface area contributed by atoms with E-state index in [2.05, 4.69) is 6.92 Å². The molecule has 0 aromatic carbocycles. The van der Waals surface area contributed by atoms with Gasteiger partial charge < -0.3 is 8.83 Å². The molecule has 0 spiro atoms. The van der Waals surface area contributed by atoms with Crippen molar-refractivity contribution in [2.45, 2.75) is 34.6 Å². The minimum absolute atomic E-state index is 0. The van der Waals surface area contributed by atoms with Gasteiger partial charge in [0.2, 0.25) is 0 Å². The van der Waals surface area contributed by atoms with Gasteiger partial charge in [-0.05, 0) is 31.2 Å². The number of carbonyl (C=O) groups is 2. The molecule has 104 valence electrons. The molecule has 0 amide bonds. The fourth-order valence-electron chi connectivity index (χ4n) is 1.28. The van der Waals surface area contributed by atoms with Crippen molar-refractivity contribution in [3.8, 4) is 0 Å². The number of hydrogen-bond donors (Lipinski definition) is 0. The maximum absolute atomic E-state index is 10.6. The molecule has 2 aromatic rings. The van der Waals surface area contributed by atoms with Crippen LogP contribution >= 0.6 is 0 Å². The normalized spacial score (nSPS) is 9.00. The predicted octanol–water partition coefficient (Wildman–Crippen LogP) is 4.08. The molecule has 2 aromatic heterocycles. The van der Waals surface area contributed by atoms with E-state index in [1.165, 1.54) is 19.1 Å². The summed E-state index contributed by atoms with van der Waals surface area (Å²) < 4.78 is 10.0. The van der Waals surface area contributed by atoms with Crippen LogP contribution in [0.3, 0.4) is 0 Å². The monoisotopic (exact) mass is 264 g/mol. The topological polar surface area (TPSA) is 60.4 Å². The van der Waals surface area contributed by atoms with Crippen LogP contribution in [-0.4, -0.2) is 12.1 Å². The van der Waals surface area contributed by atoms with Gasteiger partial charge in [-0.3, -0.25) is 9.59 Å². The fourth-order valence-corrected chi connectivity index (χ4v) is 1.28. The SMILES string of the molecule is C.CC(=O)c1ccc(C=O)o1.CCc1ccc(C)o1. The molecule has 0 atom stereocenters. The number of aldehydes is 1. The van der Waals surface area contributed by atoms with Gasteiger partial charge in [0, 0.05) is 13.3 Å². The molecule has 0 saturated heterocycles. The molecule has 4 nitrogen and oxygen atoms in total. The highest BCUT2D eigenvalue weighted by Gasteiger charge is 2.03. The smallest absolute Gasteiger partial charge is 0.194 e. The van der Waals surface area contributed by atoms with Crippen LogP contribution in [0.4, 0.5) is 0 Å². The molecule has 0 aliphatic rings. The van der Waals surface area contributed by atoms with Gasteiger partial charge in [-0.2, -0.15) is 0 Å². The van der Waals surface area contributed by atoms with E-state index in [0.717, 1.165) is 17.9 Å². The summed E-state index contributed by atoms with van der Waals surface area (Å²) in [5, 5.41) is 0. The van der Waals surface area contributed by atoms with E-state index < -0.39 is 0 Å². The lowest BCUT2D eigenvalue weighted by atomic mass is 10.3. The predicted molar refractivity (Wildman–Crippen MR) is 73.7 cm³/mol. The van der Waals surface area contributed by atoms with Crippen molar-refractivity contribution in [1.29, 1.82) is 0 Å². The van der Waals surface area contributed by atoms with Crippen LogP contribution in [0.5, 0.6) is 0 Å². The molecular weight excluding hydrogens is 244 g/mol. The summed E-state index contributed by atoms with van der Waals surface area (Å²) in [6.07, 6.45) is 1.56. The Bertz CT molecular complexity index is 520. The van der Waals surface area contributed by atoms with Crippen molar-refractivity contribution in [2.24, 2.45) is 0 Å². The average Bonchev–Trinajstić information content (AvgIpc) is 2.97. The Kier molecular flexibility index (Phi) is 7.19. The van der Waals surface area contributed by atoms with Crippen LogP contribution in [0.25, 0.3) is 0 Å². The molecule has 2 heterocycles. The Morgan fingerprint density at radius 3 is 2.16 bits per heavy atom. The number of carbonyl (C=O) groups excluding carboxylic acids is 2. The Balaban J connectivity index is 0.000000331. The fraction of sp³-hybridized carbons (Fsp3) is 0.333. The third-order valence-corrected chi connectivity index (χ3v) is 2.23. The molecule has 0 bridgehead atoms. The number of rotatable bonds is 3. The highest BCUT2D eigenvalue weighted by atomic mass is 16.4. The summed E-state index contributed by atoms with van der Waals surface area (Å²) >= 11 is 0. The Labute approximate surface area is 113 Å². The third kappa shape index (κ3) is 5.38. The van der Waals surface area contributed by atoms with Crippen molar-refractivity contribution in [3.63, 3.8) is 0 Å². The second-order valence-electron chi connectivity index (χ2n) is 3.74. The van der Waals surface area contributed by atoms with Gasteiger partial charge in [0.05, 0.1) is 0 Å². The largest absolute Gasteiger partial charge is 0.466 e. The first kappa shape index (κ1) is 16.9. The highest BCUT2D eigenvalue weighted by Crippen LogP contribution is 2.06. The first-order chi connectivity index (χ1) is 8.56. The summed E-state index contributed by atoms with van der Waals surface area (Å²) in [6, 6.07) is 6.93. The maximum Gasteiger partial charge on any atom is 0.194 e. The van der Waals surface area contributed by atoms with Gasteiger partial charge in [0.25, 0.3) is 0 Å². The second kappa shape index (κ2) is 8.08. The molecule has 0 N–H and O–H groups in total. The summed E-state index contributed by atoms with van der Waals surface area (Å²) in [5.41, 5.74) is 0. The van der Waals surface area contributed by atoms with Crippen LogP contribution in [0.15, 0.2) is 33.1 Å². The molecule has 0 aliphatic heterocycles. The Hall–Kier alpha value is -2.10. The first-order valence-electron chi connectivity index (χ1n) is 5.68. The molecule has 2 rings (SSSR count). The van der Waals surface area contributed by atoms with Crippen LogP contribution in [-0.2, 0) is 6.42 Å². The van der Waals surface area contributed by atoms with Gasteiger partial charge in [0.15, 0.2) is 23.6 Å². The Morgan fingerprint density at radius 1 is 1.21 bits per heavy atom. The van der Waals surface area contributed by atoms with Crippen molar-refractivity contribution in [1.82, 2.24) is 0 Å². The zero-order chi connectivity index (χ0) is 13.5. The summed E-state index contributed by atoms with van der Waals surface area (Å²) in [6.45, 7) is 5.42. The van der Waals surface area contributed by atoms with E-state index in [-0.39, 0.29) is 24.7 Å². The zero-order valence-corrected chi connectivity index (χ0v) is 10.7. The minimum atomic E-state index is -0.173. The first-order valence-corrected chi connectivity index (χ1v) is 5.68. The third-order valence-electron chi connectivity index (χ3n) is 2.23. The molecule has 0 aliphatic carbocycles. The van der Waals surface area contributed by atoms with Crippen LogP contribution in [0.1, 0.15) is 53.9 Å². The molecular formula is C15H20O4. The van der Waals surface area contributed by atoms with Gasteiger partial charge in [0.1, 0.15) is 11.5 Å². The van der Waals surface area contributed by atoms with E-state index in [0.29, 0.717) is 6.29 Å². The molecule has 0 fully saturated rings. The molecule has 0 saturated carbocycles. The lowest BCUT2D eigenvalue weighted by molar-refractivity contribution is 0.0983. The van der Waals surface area contributed by atoms with E-state index in [4.69, 9.17) is 8.83 Å². The van der Waals surface area contributed by atoms with Crippen LogP contribution < -0.4 is 0 Å². The second-order valence-corrected chi connectivity index (χ2v) is 3.74. The van der Waals surface area contributed by atoms with E-state index in [1.807, 2.05) is 19.1 Å². The average molecular weight is 264 g/mol. The van der Waals surface area contributed by atoms with Gasteiger partial charge >= 0.3 is 0 Å². The molecule has 19 heavy (non-hydrogen) atoms. The standard InChI is InChI=1S/C7H6O3.C7H10O.CH4/c1-5(9)7-3-2-6(4-8)10-7;1-3-7-5-4-6(2)8-7;/h2-4H,1H3;4-5H,3H2,1-2H3;1H4. The lowest BCUT2D eigenvalue weighted by Crippen LogP contribution is -1.86. The number of aryl methyl sites for hydroxylation is 2. The van der Waals surface area contributed by atoms with E-state index in [1.54, 1.807) is 0 Å². The molecule has 0 radical (unpaired) electrons.